The average Bonchev–Trinajstić information content (AvgIpc) is 2.67. The van der Waals surface area contributed by atoms with Crippen molar-refractivity contribution in [1.82, 2.24) is 5.32 Å². The van der Waals surface area contributed by atoms with E-state index in [-0.39, 0.29) is 6.42 Å². The maximum atomic E-state index is 12.4. The predicted molar refractivity (Wildman–Crippen MR) is 56.7 cm³/mol. The molecule has 8 heteroatoms. The van der Waals surface area contributed by atoms with E-state index >= 15 is 0 Å². The van der Waals surface area contributed by atoms with E-state index in [4.69, 9.17) is 0 Å². The maximum Gasteiger partial charge on any atom is 0.423 e. The summed E-state index contributed by atoms with van der Waals surface area (Å²) in [5.41, 5.74) is 0. The molecule has 1 rings (SSSR count). The summed E-state index contributed by atoms with van der Waals surface area (Å²) >= 11 is 0. The topological polar surface area (TPSA) is 21.3 Å². The Balaban J connectivity index is 2.68. The highest BCUT2D eigenvalue weighted by atomic mass is 19.4. The lowest BCUT2D eigenvalue weighted by Gasteiger charge is -2.29. The second-order valence-electron chi connectivity index (χ2n) is 4.63. The van der Waals surface area contributed by atoms with Gasteiger partial charge in [0.25, 0.3) is 0 Å². The summed E-state index contributed by atoms with van der Waals surface area (Å²) < 4.78 is 78.6. The molecule has 0 aromatic heterocycles. The molecule has 1 saturated carbocycles. The number of hydrogen-bond acceptors (Lipinski definition) is 2. The normalized spacial score (nSPS) is 25.3. The minimum Gasteiger partial charge on any atom is -0.356 e. The van der Waals surface area contributed by atoms with Gasteiger partial charge in [-0.3, -0.25) is 0 Å². The van der Waals surface area contributed by atoms with Gasteiger partial charge in [-0.15, -0.1) is 0 Å². The lowest BCUT2D eigenvalue weighted by Crippen LogP contribution is -2.49. The first-order valence-corrected chi connectivity index (χ1v) is 6.18. The van der Waals surface area contributed by atoms with E-state index in [9.17, 15) is 26.3 Å². The van der Waals surface area contributed by atoms with Crippen molar-refractivity contribution in [2.45, 2.75) is 63.2 Å². The molecule has 0 spiro atoms. The van der Waals surface area contributed by atoms with Crippen LogP contribution in [0, 0.1) is 0 Å². The zero-order valence-corrected chi connectivity index (χ0v) is 10.4. The van der Waals surface area contributed by atoms with E-state index in [0.717, 1.165) is 6.42 Å². The van der Waals surface area contributed by atoms with Gasteiger partial charge in [-0.25, -0.2) is 0 Å². The van der Waals surface area contributed by atoms with Crippen LogP contribution in [0.3, 0.4) is 0 Å². The molecule has 114 valence electrons. The van der Waals surface area contributed by atoms with Gasteiger partial charge in [0.1, 0.15) is 0 Å². The van der Waals surface area contributed by atoms with E-state index < -0.39 is 30.6 Å². The fourth-order valence-corrected chi connectivity index (χ4v) is 2.17. The molecule has 0 aliphatic heterocycles. The van der Waals surface area contributed by atoms with Gasteiger partial charge in [0.2, 0.25) is 6.10 Å². The van der Waals surface area contributed by atoms with Gasteiger partial charge in [0.15, 0.2) is 0 Å². The lowest BCUT2D eigenvalue weighted by atomic mass is 10.2. The molecule has 19 heavy (non-hydrogen) atoms. The third kappa shape index (κ3) is 4.83. The minimum atomic E-state index is -5.43. The monoisotopic (exact) mass is 293 g/mol. The molecule has 1 aliphatic rings. The molecule has 2 atom stereocenters. The van der Waals surface area contributed by atoms with Crippen molar-refractivity contribution in [3.8, 4) is 0 Å². The second-order valence-corrected chi connectivity index (χ2v) is 4.63. The maximum absolute atomic E-state index is 12.4. The quantitative estimate of drug-likeness (QED) is 0.784. The van der Waals surface area contributed by atoms with Crippen LogP contribution in [0.4, 0.5) is 26.3 Å². The zero-order chi connectivity index (χ0) is 14.7. The molecule has 2 unspecified atom stereocenters. The van der Waals surface area contributed by atoms with Crippen LogP contribution in [-0.2, 0) is 4.74 Å². The predicted octanol–water partition coefficient (Wildman–Crippen LogP) is 3.42. The molecule has 0 heterocycles. The standard InChI is InChI=1S/C11H17F6NO/c1-2-6-18-7-4-3-5-8(7)19-9(10(12,13)14)11(15,16)17/h7-9,18H,2-6H2,1H3. The van der Waals surface area contributed by atoms with Crippen molar-refractivity contribution in [1.29, 1.82) is 0 Å². The molecular formula is C11H17F6NO. The molecule has 0 saturated heterocycles. The molecule has 0 aromatic rings. The highest BCUT2D eigenvalue weighted by Gasteiger charge is 2.59. The summed E-state index contributed by atoms with van der Waals surface area (Å²) in [6.45, 7) is 2.42. The Kier molecular flexibility index (Phi) is 5.49. The van der Waals surface area contributed by atoms with Crippen molar-refractivity contribution in [3.05, 3.63) is 0 Å². The van der Waals surface area contributed by atoms with Crippen LogP contribution in [0.1, 0.15) is 32.6 Å². The van der Waals surface area contributed by atoms with Crippen LogP contribution in [0.2, 0.25) is 0 Å². The van der Waals surface area contributed by atoms with Crippen LogP contribution < -0.4 is 5.32 Å². The number of alkyl halides is 6. The highest BCUT2D eigenvalue weighted by Crippen LogP contribution is 2.38. The largest absolute Gasteiger partial charge is 0.423 e. The number of nitrogens with one attached hydrogen (secondary N) is 1. The van der Waals surface area contributed by atoms with Crippen LogP contribution in [-0.4, -0.2) is 37.1 Å². The van der Waals surface area contributed by atoms with Crippen LogP contribution in [0.5, 0.6) is 0 Å². The summed E-state index contributed by atoms with van der Waals surface area (Å²) in [5, 5.41) is 2.93. The molecule has 0 amide bonds. The minimum absolute atomic E-state index is 0.212. The first kappa shape index (κ1) is 16.6. The Morgan fingerprint density at radius 3 is 2.16 bits per heavy atom. The Morgan fingerprint density at radius 2 is 1.68 bits per heavy atom. The van der Waals surface area contributed by atoms with Crippen molar-refractivity contribution >= 4 is 0 Å². The smallest absolute Gasteiger partial charge is 0.356 e. The number of rotatable bonds is 5. The number of halogens is 6. The summed E-state index contributed by atoms with van der Waals surface area (Å²) in [6.07, 6.45) is -13.5. The van der Waals surface area contributed by atoms with E-state index in [1.807, 2.05) is 6.92 Å². The van der Waals surface area contributed by atoms with Gasteiger partial charge >= 0.3 is 12.4 Å². The fraction of sp³-hybridized carbons (Fsp3) is 1.00. The van der Waals surface area contributed by atoms with E-state index in [0.29, 0.717) is 19.4 Å². The van der Waals surface area contributed by atoms with Crippen LogP contribution in [0.15, 0.2) is 0 Å². The molecule has 0 radical (unpaired) electrons. The van der Waals surface area contributed by atoms with Gasteiger partial charge in [-0.2, -0.15) is 26.3 Å². The van der Waals surface area contributed by atoms with Crippen molar-refractivity contribution in [2.75, 3.05) is 6.54 Å². The van der Waals surface area contributed by atoms with E-state index in [2.05, 4.69) is 10.1 Å². The molecule has 1 N–H and O–H groups in total. The molecule has 0 aromatic carbocycles. The third-order valence-corrected chi connectivity index (χ3v) is 3.01. The van der Waals surface area contributed by atoms with Gasteiger partial charge in [-0.1, -0.05) is 6.92 Å². The van der Waals surface area contributed by atoms with Crippen molar-refractivity contribution in [2.24, 2.45) is 0 Å². The highest BCUT2D eigenvalue weighted by molar-refractivity contribution is 4.87. The Hall–Kier alpha value is -0.500. The summed E-state index contributed by atoms with van der Waals surface area (Å²) in [7, 11) is 0. The average molecular weight is 293 g/mol. The van der Waals surface area contributed by atoms with Crippen molar-refractivity contribution < 1.29 is 31.1 Å². The Bertz CT molecular complexity index is 263. The zero-order valence-electron chi connectivity index (χ0n) is 10.4. The van der Waals surface area contributed by atoms with Gasteiger partial charge in [-0.05, 0) is 32.2 Å². The summed E-state index contributed by atoms with van der Waals surface area (Å²) in [4.78, 5) is 0. The number of ether oxygens (including phenoxy) is 1. The molecule has 1 fully saturated rings. The molecular weight excluding hydrogens is 276 g/mol. The second kappa shape index (κ2) is 6.30. The molecule has 2 nitrogen and oxygen atoms in total. The fourth-order valence-electron chi connectivity index (χ4n) is 2.17. The summed E-state index contributed by atoms with van der Waals surface area (Å²) in [5.74, 6) is 0. The van der Waals surface area contributed by atoms with Gasteiger partial charge < -0.3 is 10.1 Å². The van der Waals surface area contributed by atoms with Gasteiger partial charge in [0.05, 0.1) is 6.10 Å². The third-order valence-electron chi connectivity index (χ3n) is 3.01. The Labute approximate surface area is 107 Å². The molecule has 1 aliphatic carbocycles. The van der Waals surface area contributed by atoms with Crippen LogP contribution >= 0.6 is 0 Å². The molecule has 0 bridgehead atoms. The number of hydrogen-bond donors (Lipinski definition) is 1. The van der Waals surface area contributed by atoms with Crippen LogP contribution in [0.25, 0.3) is 0 Å². The SMILES string of the molecule is CCCNC1CCCC1OC(C(F)(F)F)C(F)(F)F. The van der Waals surface area contributed by atoms with E-state index in [1.54, 1.807) is 0 Å². The first-order chi connectivity index (χ1) is 8.66. The van der Waals surface area contributed by atoms with E-state index in [1.165, 1.54) is 0 Å². The Morgan fingerprint density at radius 1 is 1.11 bits per heavy atom. The first-order valence-electron chi connectivity index (χ1n) is 6.18. The lowest BCUT2D eigenvalue weighted by molar-refractivity contribution is -0.331. The summed E-state index contributed by atoms with van der Waals surface area (Å²) in [6, 6.07) is -0.438. The van der Waals surface area contributed by atoms with Gasteiger partial charge in [0, 0.05) is 6.04 Å². The van der Waals surface area contributed by atoms with Crippen molar-refractivity contribution in [3.63, 3.8) is 0 Å².